The number of hydrogen-bond donors (Lipinski definition) is 1. The normalized spacial score (nSPS) is 12.4. The number of rotatable bonds is 6. The van der Waals surface area contributed by atoms with Gasteiger partial charge in [-0.05, 0) is 6.54 Å². The van der Waals surface area contributed by atoms with Crippen LogP contribution in [-0.4, -0.2) is 35.2 Å². The van der Waals surface area contributed by atoms with E-state index in [4.69, 9.17) is 4.74 Å². The Morgan fingerprint density at radius 2 is 2.38 bits per heavy atom. The molecule has 1 rings (SSSR count). The van der Waals surface area contributed by atoms with Crippen molar-refractivity contribution in [3.05, 3.63) is 18.2 Å². The minimum atomic E-state index is -0.311. The van der Waals surface area contributed by atoms with Crippen LogP contribution < -0.4 is 5.32 Å². The first-order chi connectivity index (χ1) is 7.72. The van der Waals surface area contributed by atoms with Crippen molar-refractivity contribution >= 4 is 5.97 Å². The van der Waals surface area contributed by atoms with Gasteiger partial charge in [0.25, 0.3) is 0 Å². The van der Waals surface area contributed by atoms with Gasteiger partial charge in [0.05, 0.1) is 7.11 Å². The second-order valence-electron chi connectivity index (χ2n) is 3.48. The first-order valence-electron chi connectivity index (χ1n) is 5.54. The first kappa shape index (κ1) is 12.7. The van der Waals surface area contributed by atoms with E-state index in [1.807, 2.05) is 24.6 Å². The van der Waals surface area contributed by atoms with Gasteiger partial charge in [0.15, 0.2) is 0 Å². The minimum absolute atomic E-state index is 0.238. The standard InChI is InChI=1S/C11H19N3O2/c1-4-10-13-6-7-14(10)8-9(12-5-2)11(15)16-3/h6-7,9,12H,4-5,8H2,1-3H3. The van der Waals surface area contributed by atoms with Crippen LogP contribution in [0.1, 0.15) is 19.7 Å². The van der Waals surface area contributed by atoms with E-state index in [-0.39, 0.29) is 12.0 Å². The van der Waals surface area contributed by atoms with E-state index >= 15 is 0 Å². The van der Waals surface area contributed by atoms with Crippen LogP contribution in [0.5, 0.6) is 0 Å². The molecule has 0 bridgehead atoms. The number of ether oxygens (including phenoxy) is 1. The molecule has 0 saturated carbocycles. The number of nitrogens with one attached hydrogen (secondary N) is 1. The Hall–Kier alpha value is -1.36. The summed E-state index contributed by atoms with van der Waals surface area (Å²) in [5.41, 5.74) is 0. The number of hydrogen-bond acceptors (Lipinski definition) is 4. The Bertz CT molecular complexity index is 336. The zero-order valence-electron chi connectivity index (χ0n) is 10.1. The smallest absolute Gasteiger partial charge is 0.324 e. The molecular formula is C11H19N3O2. The van der Waals surface area contributed by atoms with Gasteiger partial charge in [-0.15, -0.1) is 0 Å². The third-order valence-corrected chi connectivity index (χ3v) is 2.43. The maximum atomic E-state index is 11.5. The topological polar surface area (TPSA) is 56.2 Å². The number of carbonyl (C=O) groups excluding carboxylic acids is 1. The molecule has 90 valence electrons. The predicted molar refractivity (Wildman–Crippen MR) is 61.1 cm³/mol. The fraction of sp³-hybridized carbons (Fsp3) is 0.636. The molecule has 5 heteroatoms. The van der Waals surface area contributed by atoms with Gasteiger partial charge in [-0.1, -0.05) is 13.8 Å². The highest BCUT2D eigenvalue weighted by molar-refractivity contribution is 5.75. The highest BCUT2D eigenvalue weighted by Crippen LogP contribution is 2.02. The van der Waals surface area contributed by atoms with E-state index < -0.39 is 0 Å². The van der Waals surface area contributed by atoms with Crippen molar-refractivity contribution in [3.63, 3.8) is 0 Å². The molecule has 0 amide bonds. The third-order valence-electron chi connectivity index (χ3n) is 2.43. The van der Waals surface area contributed by atoms with E-state index in [1.54, 1.807) is 6.20 Å². The van der Waals surface area contributed by atoms with Crippen LogP contribution in [0, 0.1) is 0 Å². The molecule has 1 unspecified atom stereocenters. The van der Waals surface area contributed by atoms with Crippen LogP contribution in [0.15, 0.2) is 12.4 Å². The van der Waals surface area contributed by atoms with E-state index in [9.17, 15) is 4.79 Å². The Kier molecular flexibility index (Phi) is 4.98. The highest BCUT2D eigenvalue weighted by atomic mass is 16.5. The van der Waals surface area contributed by atoms with E-state index in [2.05, 4.69) is 10.3 Å². The Balaban J connectivity index is 2.71. The molecule has 0 aliphatic carbocycles. The molecule has 0 aliphatic heterocycles. The average molecular weight is 225 g/mol. The number of nitrogens with zero attached hydrogens (tertiary/aromatic N) is 2. The van der Waals surface area contributed by atoms with Crippen LogP contribution in [0.25, 0.3) is 0 Å². The Morgan fingerprint density at radius 1 is 1.62 bits per heavy atom. The highest BCUT2D eigenvalue weighted by Gasteiger charge is 2.19. The lowest BCUT2D eigenvalue weighted by atomic mass is 10.3. The largest absolute Gasteiger partial charge is 0.468 e. The summed E-state index contributed by atoms with van der Waals surface area (Å²) in [6.07, 6.45) is 4.48. The van der Waals surface area contributed by atoms with E-state index in [0.29, 0.717) is 6.54 Å². The summed E-state index contributed by atoms with van der Waals surface area (Å²) in [5.74, 6) is 0.740. The van der Waals surface area contributed by atoms with Gasteiger partial charge in [-0.25, -0.2) is 4.98 Å². The van der Waals surface area contributed by atoms with Crippen molar-refractivity contribution in [2.24, 2.45) is 0 Å². The molecule has 1 heterocycles. The molecule has 1 atom stereocenters. The maximum absolute atomic E-state index is 11.5. The number of aryl methyl sites for hydroxylation is 1. The molecule has 5 nitrogen and oxygen atoms in total. The molecule has 1 aromatic heterocycles. The van der Waals surface area contributed by atoms with Crippen LogP contribution in [-0.2, 0) is 22.5 Å². The molecule has 16 heavy (non-hydrogen) atoms. The molecule has 0 spiro atoms. The fourth-order valence-corrected chi connectivity index (χ4v) is 1.63. The monoisotopic (exact) mass is 225 g/mol. The van der Waals surface area contributed by atoms with Crippen molar-refractivity contribution in [2.75, 3.05) is 13.7 Å². The van der Waals surface area contributed by atoms with Crippen LogP contribution in [0.3, 0.4) is 0 Å². The summed E-state index contributed by atoms with van der Waals surface area (Å²) >= 11 is 0. The second-order valence-corrected chi connectivity index (χ2v) is 3.48. The predicted octanol–water partition coefficient (Wildman–Crippen LogP) is 0.597. The number of esters is 1. The van der Waals surface area contributed by atoms with E-state index in [0.717, 1.165) is 18.8 Å². The molecule has 0 fully saturated rings. The average Bonchev–Trinajstić information content (AvgIpc) is 2.74. The van der Waals surface area contributed by atoms with Gasteiger partial charge in [0.2, 0.25) is 0 Å². The van der Waals surface area contributed by atoms with Gasteiger partial charge in [0, 0.05) is 25.4 Å². The molecule has 0 radical (unpaired) electrons. The SMILES string of the molecule is CCNC(Cn1ccnc1CC)C(=O)OC. The zero-order valence-corrected chi connectivity index (χ0v) is 10.1. The summed E-state index contributed by atoms with van der Waals surface area (Å²) in [5, 5.41) is 3.10. The quantitative estimate of drug-likeness (QED) is 0.720. The summed E-state index contributed by atoms with van der Waals surface area (Å²) < 4.78 is 6.73. The Morgan fingerprint density at radius 3 is 2.94 bits per heavy atom. The van der Waals surface area contributed by atoms with Crippen molar-refractivity contribution in [3.8, 4) is 0 Å². The third kappa shape index (κ3) is 3.06. The first-order valence-corrected chi connectivity index (χ1v) is 5.54. The van der Waals surface area contributed by atoms with Gasteiger partial charge in [-0.3, -0.25) is 4.79 Å². The Labute approximate surface area is 95.8 Å². The van der Waals surface area contributed by atoms with Gasteiger partial charge in [-0.2, -0.15) is 0 Å². The molecule has 0 saturated heterocycles. The fourth-order valence-electron chi connectivity index (χ4n) is 1.63. The van der Waals surface area contributed by atoms with Crippen LogP contribution in [0.2, 0.25) is 0 Å². The number of likely N-dealkylation sites (N-methyl/N-ethyl adjacent to an activating group) is 1. The number of aromatic nitrogens is 2. The van der Waals surface area contributed by atoms with E-state index in [1.165, 1.54) is 7.11 Å². The molecule has 0 aliphatic rings. The number of carbonyl (C=O) groups is 1. The summed E-state index contributed by atoms with van der Waals surface area (Å²) in [6, 6.07) is -0.311. The molecular weight excluding hydrogens is 206 g/mol. The van der Waals surface area contributed by atoms with Crippen molar-refractivity contribution in [1.82, 2.24) is 14.9 Å². The van der Waals surface area contributed by atoms with Crippen molar-refractivity contribution in [2.45, 2.75) is 32.9 Å². The molecule has 0 aromatic carbocycles. The van der Waals surface area contributed by atoms with Crippen molar-refractivity contribution in [1.29, 1.82) is 0 Å². The summed E-state index contributed by atoms with van der Waals surface area (Å²) in [6.45, 7) is 5.30. The lowest BCUT2D eigenvalue weighted by Crippen LogP contribution is -2.41. The number of imidazole rings is 1. The van der Waals surface area contributed by atoms with Crippen LogP contribution >= 0.6 is 0 Å². The van der Waals surface area contributed by atoms with Gasteiger partial charge < -0.3 is 14.6 Å². The molecule has 1 N–H and O–H groups in total. The van der Waals surface area contributed by atoms with Gasteiger partial charge in [0.1, 0.15) is 11.9 Å². The lowest BCUT2D eigenvalue weighted by molar-refractivity contribution is -0.143. The number of methoxy groups -OCH3 is 1. The maximum Gasteiger partial charge on any atom is 0.324 e. The second kappa shape index (κ2) is 6.27. The zero-order chi connectivity index (χ0) is 12.0. The van der Waals surface area contributed by atoms with Crippen molar-refractivity contribution < 1.29 is 9.53 Å². The van der Waals surface area contributed by atoms with Gasteiger partial charge >= 0.3 is 5.97 Å². The minimum Gasteiger partial charge on any atom is -0.468 e. The summed E-state index contributed by atoms with van der Waals surface area (Å²) in [7, 11) is 1.40. The summed E-state index contributed by atoms with van der Waals surface area (Å²) in [4.78, 5) is 15.7. The molecule has 1 aromatic rings. The van der Waals surface area contributed by atoms with Crippen LogP contribution in [0.4, 0.5) is 0 Å². The lowest BCUT2D eigenvalue weighted by Gasteiger charge is -2.17.